The number of hydrogen-bond acceptors (Lipinski definition) is 6. The number of aromatic nitrogens is 4. The van der Waals surface area contributed by atoms with Crippen molar-refractivity contribution < 1.29 is 13.2 Å². The summed E-state index contributed by atoms with van der Waals surface area (Å²) in [6.07, 6.45) is 1.24. The molecule has 2 aromatic heterocycles. The van der Waals surface area contributed by atoms with Gasteiger partial charge in [-0.3, -0.25) is 4.57 Å². The van der Waals surface area contributed by atoms with Gasteiger partial charge in [0.15, 0.2) is 11.6 Å². The maximum absolute atomic E-state index is 14.6. The first-order valence-corrected chi connectivity index (χ1v) is 8.61. The minimum Gasteiger partial charge on any atom is -0.393 e. The van der Waals surface area contributed by atoms with E-state index in [0.717, 1.165) is 18.2 Å². The summed E-state index contributed by atoms with van der Waals surface area (Å²) < 4.78 is 43.7. The first-order chi connectivity index (χ1) is 13.8. The van der Waals surface area contributed by atoms with Crippen LogP contribution in [0, 0.1) is 17.5 Å². The van der Waals surface area contributed by atoms with Gasteiger partial charge in [0.25, 0.3) is 0 Å². The Morgan fingerprint density at radius 3 is 2.48 bits per heavy atom. The summed E-state index contributed by atoms with van der Waals surface area (Å²) >= 11 is 0. The number of benzene rings is 2. The maximum atomic E-state index is 14.6. The lowest BCUT2D eigenvalue weighted by atomic mass is 10.2. The molecule has 2 aromatic carbocycles. The van der Waals surface area contributed by atoms with Gasteiger partial charge < -0.3 is 16.8 Å². The van der Waals surface area contributed by atoms with Gasteiger partial charge in [0.2, 0.25) is 0 Å². The van der Waals surface area contributed by atoms with E-state index in [2.05, 4.69) is 20.3 Å². The summed E-state index contributed by atoms with van der Waals surface area (Å²) in [7, 11) is 0. The number of fused-ring (bicyclic) bond motifs is 1. The molecule has 4 aromatic rings. The van der Waals surface area contributed by atoms with Crippen LogP contribution in [0.25, 0.3) is 16.7 Å². The van der Waals surface area contributed by atoms with Gasteiger partial charge in [0, 0.05) is 6.07 Å². The number of nitrogens with zero attached hydrogens (tertiary/aromatic N) is 4. The fourth-order valence-electron chi connectivity index (χ4n) is 3.12. The Kier molecular flexibility index (Phi) is 4.45. The average molecular weight is 399 g/mol. The molecule has 0 aliphatic rings. The van der Waals surface area contributed by atoms with Crippen molar-refractivity contribution in [3.8, 4) is 5.69 Å². The van der Waals surface area contributed by atoms with Gasteiger partial charge in [-0.1, -0.05) is 6.07 Å². The summed E-state index contributed by atoms with van der Waals surface area (Å²) in [5, 5.41) is 3.04. The third-order valence-corrected chi connectivity index (χ3v) is 4.41. The Morgan fingerprint density at radius 2 is 1.76 bits per heavy atom. The number of hydrogen-bond donors (Lipinski definition) is 3. The third kappa shape index (κ3) is 3.28. The van der Waals surface area contributed by atoms with Crippen molar-refractivity contribution in [1.29, 1.82) is 0 Å². The van der Waals surface area contributed by atoms with Gasteiger partial charge in [0.1, 0.15) is 40.8 Å². The fourth-order valence-corrected chi connectivity index (χ4v) is 3.12. The molecule has 0 bridgehead atoms. The SMILES string of the molecule is CC(Nc1ncnc(N)c1N)c1nc2cccc(F)c2n1-c1cc(F)cc(F)c1. The van der Waals surface area contributed by atoms with Crippen molar-refractivity contribution >= 4 is 28.4 Å². The number of nitrogen functional groups attached to an aromatic ring is 2. The van der Waals surface area contributed by atoms with Gasteiger partial charge in [-0.2, -0.15) is 0 Å². The van der Waals surface area contributed by atoms with Crippen molar-refractivity contribution in [2.24, 2.45) is 0 Å². The lowest BCUT2D eigenvalue weighted by Crippen LogP contribution is -2.16. The number of para-hydroxylation sites is 1. The highest BCUT2D eigenvalue weighted by atomic mass is 19.1. The molecule has 5 N–H and O–H groups in total. The molecule has 2 heterocycles. The average Bonchev–Trinajstić information content (AvgIpc) is 3.06. The lowest BCUT2D eigenvalue weighted by molar-refractivity contribution is 0.580. The molecule has 0 saturated heterocycles. The van der Waals surface area contributed by atoms with Crippen LogP contribution in [0.1, 0.15) is 18.8 Å². The molecule has 1 atom stereocenters. The van der Waals surface area contributed by atoms with Gasteiger partial charge in [-0.15, -0.1) is 0 Å². The minimum absolute atomic E-state index is 0.0916. The van der Waals surface area contributed by atoms with Crippen LogP contribution in [0.2, 0.25) is 0 Å². The van der Waals surface area contributed by atoms with Crippen LogP contribution in [0.5, 0.6) is 0 Å². The highest BCUT2D eigenvalue weighted by Crippen LogP contribution is 2.30. The van der Waals surface area contributed by atoms with Gasteiger partial charge in [0.05, 0.1) is 17.2 Å². The third-order valence-electron chi connectivity index (χ3n) is 4.41. The summed E-state index contributed by atoms with van der Waals surface area (Å²) in [5.74, 6) is -1.51. The Hall–Kier alpha value is -3.82. The summed E-state index contributed by atoms with van der Waals surface area (Å²) in [4.78, 5) is 12.3. The van der Waals surface area contributed by atoms with Gasteiger partial charge >= 0.3 is 0 Å². The lowest BCUT2D eigenvalue weighted by Gasteiger charge is -2.18. The minimum atomic E-state index is -0.794. The second kappa shape index (κ2) is 6.97. The van der Waals surface area contributed by atoms with E-state index in [4.69, 9.17) is 11.5 Å². The number of anilines is 3. The van der Waals surface area contributed by atoms with E-state index in [-0.39, 0.29) is 28.5 Å². The standard InChI is InChI=1S/C19H16F3N7/c1-9(27-18-15(23)17(24)25-8-26-18)19-28-14-4-2-3-13(22)16(14)29(19)12-6-10(20)5-11(21)7-12/h2-9H,23H2,1H3,(H3,24,25,26,27). The van der Waals surface area contributed by atoms with Crippen LogP contribution >= 0.6 is 0 Å². The number of imidazole rings is 1. The van der Waals surface area contributed by atoms with E-state index < -0.39 is 23.5 Å². The molecule has 10 heteroatoms. The Labute approximate surface area is 163 Å². The molecule has 0 aliphatic carbocycles. The molecule has 0 fully saturated rings. The number of nitrogens with one attached hydrogen (secondary N) is 1. The van der Waals surface area contributed by atoms with Crippen molar-refractivity contribution in [3.05, 3.63) is 66.0 Å². The molecular weight excluding hydrogens is 383 g/mol. The predicted octanol–water partition coefficient (Wildman–Crippen LogP) is 3.57. The van der Waals surface area contributed by atoms with Crippen molar-refractivity contribution in [3.63, 3.8) is 0 Å². The van der Waals surface area contributed by atoms with Crippen LogP contribution in [0.15, 0.2) is 42.7 Å². The molecule has 4 rings (SSSR count). The molecule has 7 nitrogen and oxygen atoms in total. The van der Waals surface area contributed by atoms with Gasteiger partial charge in [-0.05, 0) is 31.2 Å². The van der Waals surface area contributed by atoms with Crippen LogP contribution in [0.4, 0.5) is 30.5 Å². The Balaban J connectivity index is 1.90. The molecule has 0 saturated carbocycles. The first-order valence-electron chi connectivity index (χ1n) is 8.61. The predicted molar refractivity (Wildman–Crippen MR) is 104 cm³/mol. The highest BCUT2D eigenvalue weighted by molar-refractivity contribution is 5.79. The monoisotopic (exact) mass is 399 g/mol. The van der Waals surface area contributed by atoms with Crippen LogP contribution in [-0.4, -0.2) is 19.5 Å². The number of nitrogens with two attached hydrogens (primary N) is 2. The highest BCUT2D eigenvalue weighted by Gasteiger charge is 2.22. The molecule has 1 unspecified atom stereocenters. The molecule has 0 spiro atoms. The van der Waals surface area contributed by atoms with Gasteiger partial charge in [-0.25, -0.2) is 28.1 Å². The van der Waals surface area contributed by atoms with E-state index in [1.807, 2.05) is 0 Å². The van der Waals surface area contributed by atoms with E-state index >= 15 is 0 Å². The summed E-state index contributed by atoms with van der Waals surface area (Å²) in [6, 6.07) is 6.73. The topological polar surface area (TPSA) is 108 Å². The molecule has 0 radical (unpaired) electrons. The van der Waals surface area contributed by atoms with E-state index in [0.29, 0.717) is 11.3 Å². The van der Waals surface area contributed by atoms with Crippen molar-refractivity contribution in [2.75, 3.05) is 16.8 Å². The zero-order chi connectivity index (χ0) is 20.7. The fraction of sp³-hybridized carbons (Fsp3) is 0.105. The number of halogens is 3. The van der Waals surface area contributed by atoms with Crippen molar-refractivity contribution in [2.45, 2.75) is 13.0 Å². The zero-order valence-electron chi connectivity index (χ0n) is 15.2. The normalized spacial score (nSPS) is 12.3. The Bertz CT molecular complexity index is 1200. The second-order valence-corrected chi connectivity index (χ2v) is 6.43. The molecule has 0 amide bonds. The quantitative estimate of drug-likeness (QED) is 0.484. The number of rotatable bonds is 4. The van der Waals surface area contributed by atoms with Crippen LogP contribution in [-0.2, 0) is 0 Å². The van der Waals surface area contributed by atoms with E-state index in [1.165, 1.54) is 23.0 Å². The molecular formula is C19H16F3N7. The Morgan fingerprint density at radius 1 is 1.03 bits per heavy atom. The summed E-state index contributed by atoms with van der Waals surface area (Å²) in [5.41, 5.74) is 12.3. The second-order valence-electron chi connectivity index (χ2n) is 6.43. The molecule has 29 heavy (non-hydrogen) atoms. The van der Waals surface area contributed by atoms with Crippen molar-refractivity contribution in [1.82, 2.24) is 19.5 Å². The zero-order valence-corrected chi connectivity index (χ0v) is 15.2. The first kappa shape index (κ1) is 18.5. The van der Waals surface area contributed by atoms with E-state index in [1.54, 1.807) is 13.0 Å². The smallest absolute Gasteiger partial charge is 0.155 e. The maximum Gasteiger partial charge on any atom is 0.155 e. The summed E-state index contributed by atoms with van der Waals surface area (Å²) in [6.45, 7) is 1.73. The largest absolute Gasteiger partial charge is 0.393 e. The van der Waals surface area contributed by atoms with Crippen LogP contribution < -0.4 is 16.8 Å². The molecule has 148 valence electrons. The molecule has 0 aliphatic heterocycles. The van der Waals surface area contributed by atoms with Crippen LogP contribution in [0.3, 0.4) is 0 Å². The van der Waals surface area contributed by atoms with E-state index in [9.17, 15) is 13.2 Å².